The fourth-order valence-corrected chi connectivity index (χ4v) is 7.28. The molecule has 0 aromatic heterocycles. The first kappa shape index (κ1) is 37.7. The number of nitrogens with one attached hydrogen (secondary N) is 3. The number of ether oxygens (including phenoxy) is 3. The van der Waals surface area contributed by atoms with Gasteiger partial charge in [-0.3, -0.25) is 23.4 Å². The van der Waals surface area contributed by atoms with E-state index in [9.17, 15) is 33.4 Å². The summed E-state index contributed by atoms with van der Waals surface area (Å²) in [6, 6.07) is 27.1. The average Bonchev–Trinajstić information content (AvgIpc) is 3.43. The Kier molecular flexibility index (Phi) is 12.7. The van der Waals surface area contributed by atoms with Gasteiger partial charge >= 0.3 is 12.1 Å². The van der Waals surface area contributed by atoms with Gasteiger partial charge in [-0.15, -0.1) is 10.8 Å². The number of rotatable bonds is 15. The van der Waals surface area contributed by atoms with Crippen LogP contribution in [0.15, 0.2) is 97.1 Å². The molecule has 0 aliphatic carbocycles. The first-order valence-corrected chi connectivity index (χ1v) is 18.2. The Morgan fingerprint density at radius 1 is 0.923 bits per heavy atom. The van der Waals surface area contributed by atoms with E-state index in [1.54, 1.807) is 24.3 Å². The lowest BCUT2D eigenvalue weighted by Crippen LogP contribution is -2.48. The molecule has 1 fully saturated rings. The summed E-state index contributed by atoms with van der Waals surface area (Å²) in [5, 5.41) is 14.8. The van der Waals surface area contributed by atoms with Gasteiger partial charge in [-0.2, -0.15) is 0 Å². The molecule has 1 aliphatic heterocycles. The van der Waals surface area contributed by atoms with E-state index in [1.807, 2.05) is 66.7 Å². The second-order valence-electron chi connectivity index (χ2n) is 12.0. The third kappa shape index (κ3) is 9.81. The second-order valence-corrected chi connectivity index (χ2v) is 14.0. The minimum Gasteiger partial charge on any atom is -0.507 e. The van der Waals surface area contributed by atoms with E-state index >= 15 is 0 Å². The van der Waals surface area contributed by atoms with Crippen LogP contribution in [-0.2, 0) is 32.1 Å². The zero-order chi connectivity index (χ0) is 37.1. The molecule has 14 heteroatoms. The number of hydrogen-bond donors (Lipinski definition) is 6. The van der Waals surface area contributed by atoms with Crippen molar-refractivity contribution in [2.24, 2.45) is 0 Å². The molecule has 1 saturated heterocycles. The van der Waals surface area contributed by atoms with Crippen LogP contribution in [0.5, 0.6) is 11.5 Å². The largest absolute Gasteiger partial charge is 0.507 e. The van der Waals surface area contributed by atoms with Gasteiger partial charge < -0.3 is 30.0 Å². The van der Waals surface area contributed by atoms with Crippen molar-refractivity contribution in [3.05, 3.63) is 119 Å². The normalized spacial score (nSPS) is 15.8. The molecule has 2 atom stereocenters. The number of alkyl carbamates (subject to hydrolysis) is 1. The predicted octanol–water partition coefficient (Wildman–Crippen LogP) is 5.89. The Hall–Kier alpha value is -5.57. The molecule has 6 N–H and O–H groups in total. The molecule has 52 heavy (non-hydrogen) atoms. The van der Waals surface area contributed by atoms with E-state index in [4.69, 9.17) is 14.2 Å². The standard InChI is InChI=1S/C38H41N3O10S/c1-49-37(45)35-31(42)15-10-16-32(35)50-20-9-8-19-39-36(44)30(40-38(46)51-24-25-11-4-2-5-12-25)22-26-17-18-28(33-23-34(43)41-52(33,47)48)29(21-26)27-13-6-3-7-14-27/h2-7,10-18,21,30,33,42,47-48H,8-9,19-20,22-24H2,1H3,(H,39,44)(H,40,46)(H,41,43)/t30-,33?/m0/s1. The summed E-state index contributed by atoms with van der Waals surface area (Å²) in [4.78, 5) is 50.7. The summed E-state index contributed by atoms with van der Waals surface area (Å²) in [6.07, 6.45) is 0.187. The number of benzene rings is 4. The topological polar surface area (TPSA) is 193 Å². The molecule has 1 aliphatic rings. The van der Waals surface area contributed by atoms with E-state index in [1.165, 1.54) is 13.2 Å². The molecule has 1 unspecified atom stereocenters. The molecule has 3 amide bonds. The van der Waals surface area contributed by atoms with Crippen LogP contribution >= 0.6 is 10.8 Å². The molecule has 4 aromatic carbocycles. The zero-order valence-electron chi connectivity index (χ0n) is 28.4. The number of amides is 3. The highest BCUT2D eigenvalue weighted by molar-refractivity contribution is 8.23. The maximum Gasteiger partial charge on any atom is 0.408 e. The lowest BCUT2D eigenvalue weighted by molar-refractivity contribution is -0.123. The highest BCUT2D eigenvalue weighted by atomic mass is 32.3. The maximum absolute atomic E-state index is 13.6. The highest BCUT2D eigenvalue weighted by Gasteiger charge is 2.39. The summed E-state index contributed by atoms with van der Waals surface area (Å²) < 4.78 is 39.5. The average molecular weight is 732 g/mol. The quantitative estimate of drug-likeness (QED) is 0.0635. The lowest BCUT2D eigenvalue weighted by atomic mass is 9.92. The van der Waals surface area contributed by atoms with Crippen molar-refractivity contribution < 1.29 is 47.6 Å². The number of aromatic hydroxyl groups is 1. The molecule has 0 saturated carbocycles. The predicted molar refractivity (Wildman–Crippen MR) is 195 cm³/mol. The van der Waals surface area contributed by atoms with Crippen LogP contribution in [0.25, 0.3) is 11.1 Å². The summed E-state index contributed by atoms with van der Waals surface area (Å²) >= 11 is 0. The number of phenols is 1. The SMILES string of the molecule is COC(=O)c1c(O)cccc1OCCCCNC(=O)[C@H](Cc1ccc(C2CC(=O)NS2(O)O)c(-c2ccccc2)c1)NC(=O)OCc1ccccc1. The third-order valence-electron chi connectivity index (χ3n) is 8.36. The minimum atomic E-state index is -3.43. The van der Waals surface area contributed by atoms with Crippen LogP contribution in [0.1, 0.15) is 51.6 Å². The molecule has 274 valence electrons. The van der Waals surface area contributed by atoms with Gasteiger partial charge in [0.2, 0.25) is 11.8 Å². The third-order valence-corrected chi connectivity index (χ3v) is 10.1. The maximum atomic E-state index is 13.6. The van der Waals surface area contributed by atoms with Gasteiger partial charge in [0, 0.05) is 13.0 Å². The summed E-state index contributed by atoms with van der Waals surface area (Å²) in [7, 11) is -2.23. The molecule has 0 radical (unpaired) electrons. The van der Waals surface area contributed by atoms with Gasteiger partial charge in [-0.1, -0.05) is 84.9 Å². The van der Waals surface area contributed by atoms with E-state index in [2.05, 4.69) is 15.4 Å². The van der Waals surface area contributed by atoms with Crippen molar-refractivity contribution in [3.63, 3.8) is 0 Å². The first-order valence-electron chi connectivity index (χ1n) is 16.6. The van der Waals surface area contributed by atoms with E-state index in [0.717, 1.165) is 11.1 Å². The van der Waals surface area contributed by atoms with Gasteiger partial charge in [-0.05, 0) is 52.8 Å². The Morgan fingerprint density at radius 3 is 2.35 bits per heavy atom. The lowest BCUT2D eigenvalue weighted by Gasteiger charge is -2.34. The smallest absolute Gasteiger partial charge is 0.408 e. The van der Waals surface area contributed by atoms with Gasteiger partial charge in [-0.25, -0.2) is 9.59 Å². The van der Waals surface area contributed by atoms with E-state index < -0.39 is 45.9 Å². The summed E-state index contributed by atoms with van der Waals surface area (Å²) in [5.41, 5.74) is 3.37. The molecule has 5 rings (SSSR count). The minimum absolute atomic E-state index is 0.00525. The molecule has 0 bridgehead atoms. The van der Waals surface area contributed by atoms with Crippen LogP contribution < -0.4 is 20.1 Å². The summed E-state index contributed by atoms with van der Waals surface area (Å²) in [6.45, 7) is 0.446. The van der Waals surface area contributed by atoms with Crippen LogP contribution in [0.3, 0.4) is 0 Å². The van der Waals surface area contributed by atoms with Crippen molar-refractivity contribution >= 4 is 34.7 Å². The summed E-state index contributed by atoms with van der Waals surface area (Å²) in [5.74, 6) is -1.72. The van der Waals surface area contributed by atoms with Crippen LogP contribution in [0.4, 0.5) is 4.79 Å². The van der Waals surface area contributed by atoms with Crippen molar-refractivity contribution in [2.75, 3.05) is 20.3 Å². The number of phenolic OH excluding ortho intramolecular Hbond substituents is 1. The second kappa shape index (κ2) is 17.6. The highest BCUT2D eigenvalue weighted by Crippen LogP contribution is 2.57. The Balaban J connectivity index is 1.28. The van der Waals surface area contributed by atoms with Crippen LogP contribution in [0, 0.1) is 0 Å². The number of carbonyl (C=O) groups is 4. The molecular formula is C38H41N3O10S. The Labute approximate surface area is 302 Å². The van der Waals surface area contributed by atoms with Crippen molar-refractivity contribution in [1.82, 2.24) is 15.4 Å². The van der Waals surface area contributed by atoms with Gasteiger partial charge in [0.15, 0.2) is 0 Å². The number of esters is 1. The number of carbonyl (C=O) groups excluding carboxylic acids is 4. The molecule has 0 spiro atoms. The number of hydrogen-bond acceptors (Lipinski definition) is 10. The molecule has 4 aromatic rings. The number of methoxy groups -OCH3 is 1. The Bertz CT molecular complexity index is 1870. The fourth-order valence-electron chi connectivity index (χ4n) is 5.77. The fraction of sp³-hybridized carbons (Fsp3) is 0.263. The van der Waals surface area contributed by atoms with Gasteiger partial charge in [0.05, 0.1) is 20.1 Å². The molecular weight excluding hydrogens is 690 g/mol. The first-order chi connectivity index (χ1) is 25.1. The van der Waals surface area contributed by atoms with Crippen molar-refractivity contribution in [3.8, 4) is 22.6 Å². The number of unbranched alkanes of at least 4 members (excludes halogenated alkanes) is 1. The van der Waals surface area contributed by atoms with Gasteiger partial charge in [0.1, 0.15) is 35.0 Å². The van der Waals surface area contributed by atoms with Crippen LogP contribution in [-0.4, -0.2) is 64.4 Å². The molecule has 13 nitrogen and oxygen atoms in total. The van der Waals surface area contributed by atoms with Crippen molar-refractivity contribution in [2.45, 2.75) is 43.6 Å². The van der Waals surface area contributed by atoms with Crippen molar-refractivity contribution in [1.29, 1.82) is 0 Å². The van der Waals surface area contributed by atoms with Gasteiger partial charge in [0.25, 0.3) is 0 Å². The van der Waals surface area contributed by atoms with Crippen LogP contribution in [0.2, 0.25) is 0 Å². The Morgan fingerprint density at radius 2 is 1.65 bits per heavy atom. The van der Waals surface area contributed by atoms with E-state index in [0.29, 0.717) is 29.5 Å². The monoisotopic (exact) mass is 731 g/mol. The molecule has 1 heterocycles. The zero-order valence-corrected chi connectivity index (χ0v) is 29.3. The van der Waals surface area contributed by atoms with E-state index in [-0.39, 0.29) is 49.7 Å².